The van der Waals surface area contributed by atoms with Crippen LogP contribution in [0.5, 0.6) is 5.75 Å². The van der Waals surface area contributed by atoms with Crippen LogP contribution in [0.15, 0.2) is 18.2 Å². The first-order valence-corrected chi connectivity index (χ1v) is 9.96. The molecule has 26 heavy (non-hydrogen) atoms. The van der Waals surface area contributed by atoms with Crippen LogP contribution in [-0.2, 0) is 9.59 Å². The molecule has 1 aliphatic heterocycles. The monoisotopic (exact) mass is 358 g/mol. The molecule has 1 atom stereocenters. The van der Waals surface area contributed by atoms with E-state index in [2.05, 4.69) is 5.32 Å². The third-order valence-electron chi connectivity index (χ3n) is 5.36. The molecule has 0 spiro atoms. The molecule has 1 aliphatic carbocycles. The van der Waals surface area contributed by atoms with Gasteiger partial charge >= 0.3 is 0 Å². The van der Waals surface area contributed by atoms with Gasteiger partial charge in [0.15, 0.2) is 6.10 Å². The van der Waals surface area contributed by atoms with Crippen LogP contribution in [0, 0.1) is 6.92 Å². The Kier molecular flexibility index (Phi) is 6.17. The summed E-state index contributed by atoms with van der Waals surface area (Å²) in [4.78, 5) is 27.0. The van der Waals surface area contributed by atoms with E-state index in [1.165, 1.54) is 32.1 Å². The van der Waals surface area contributed by atoms with Gasteiger partial charge in [0, 0.05) is 6.04 Å². The van der Waals surface area contributed by atoms with Gasteiger partial charge in [-0.1, -0.05) is 45.1 Å². The summed E-state index contributed by atoms with van der Waals surface area (Å²) in [6.07, 6.45) is 8.29. The van der Waals surface area contributed by atoms with Crippen molar-refractivity contribution < 1.29 is 14.3 Å². The van der Waals surface area contributed by atoms with Crippen molar-refractivity contribution in [2.45, 2.75) is 77.4 Å². The number of ether oxygens (including phenoxy) is 1. The van der Waals surface area contributed by atoms with Crippen molar-refractivity contribution in [3.05, 3.63) is 23.8 Å². The van der Waals surface area contributed by atoms with E-state index in [1.807, 2.05) is 32.0 Å². The zero-order chi connectivity index (χ0) is 18.5. The van der Waals surface area contributed by atoms with Gasteiger partial charge in [0.2, 0.25) is 5.91 Å². The van der Waals surface area contributed by atoms with Crippen molar-refractivity contribution in [1.82, 2.24) is 5.32 Å². The first-order valence-electron chi connectivity index (χ1n) is 9.96. The highest BCUT2D eigenvalue weighted by Gasteiger charge is 2.34. The van der Waals surface area contributed by atoms with E-state index in [0.717, 1.165) is 18.4 Å². The molecule has 1 fully saturated rings. The summed E-state index contributed by atoms with van der Waals surface area (Å²) in [7, 11) is 0. The average Bonchev–Trinajstić information content (AvgIpc) is 2.59. The lowest BCUT2D eigenvalue weighted by Crippen LogP contribution is -2.50. The molecule has 1 saturated carbocycles. The highest BCUT2D eigenvalue weighted by atomic mass is 16.5. The summed E-state index contributed by atoms with van der Waals surface area (Å²) < 4.78 is 5.82. The molecule has 1 aromatic rings. The lowest BCUT2D eigenvalue weighted by molar-refractivity contribution is -0.129. The van der Waals surface area contributed by atoms with E-state index in [-0.39, 0.29) is 24.4 Å². The SMILES string of the molecule is CCC1Oc2ccc(C)cc2N(CC(=O)NC2CCCCCCC2)C1=O. The molecule has 2 amide bonds. The van der Waals surface area contributed by atoms with Gasteiger partial charge in [0.1, 0.15) is 12.3 Å². The summed E-state index contributed by atoms with van der Waals surface area (Å²) >= 11 is 0. The van der Waals surface area contributed by atoms with E-state index in [9.17, 15) is 9.59 Å². The van der Waals surface area contributed by atoms with Crippen LogP contribution in [0.3, 0.4) is 0 Å². The van der Waals surface area contributed by atoms with Crippen LogP contribution < -0.4 is 15.0 Å². The summed E-state index contributed by atoms with van der Waals surface area (Å²) in [5, 5.41) is 3.16. The molecule has 1 N–H and O–H groups in total. The standard InChI is InChI=1S/C21H30N2O3/c1-3-18-21(25)23(17-13-15(2)11-12-19(17)26-18)14-20(24)22-16-9-7-5-4-6-8-10-16/h11-13,16,18H,3-10,14H2,1-2H3,(H,22,24). The fraction of sp³-hybridized carbons (Fsp3) is 0.619. The van der Waals surface area contributed by atoms with E-state index in [0.29, 0.717) is 17.9 Å². The van der Waals surface area contributed by atoms with Crippen molar-refractivity contribution in [3.63, 3.8) is 0 Å². The number of anilines is 1. The van der Waals surface area contributed by atoms with Crippen LogP contribution >= 0.6 is 0 Å². The number of carbonyl (C=O) groups is 2. The average molecular weight is 358 g/mol. The van der Waals surface area contributed by atoms with Gasteiger partial charge in [0.25, 0.3) is 5.91 Å². The molecule has 5 heteroatoms. The van der Waals surface area contributed by atoms with Crippen LogP contribution in [-0.4, -0.2) is 30.5 Å². The second kappa shape index (κ2) is 8.56. The fourth-order valence-corrected chi connectivity index (χ4v) is 3.87. The van der Waals surface area contributed by atoms with Gasteiger partial charge in [-0.2, -0.15) is 0 Å². The molecule has 1 heterocycles. The molecule has 2 aliphatic rings. The predicted molar refractivity (Wildman–Crippen MR) is 102 cm³/mol. The second-order valence-electron chi connectivity index (χ2n) is 7.52. The number of benzene rings is 1. The lowest BCUT2D eigenvalue weighted by Gasteiger charge is -2.34. The first kappa shape index (κ1) is 18.7. The number of carbonyl (C=O) groups excluding carboxylic acids is 2. The Morgan fingerprint density at radius 1 is 1.19 bits per heavy atom. The minimum absolute atomic E-state index is 0.0612. The molecular weight excluding hydrogens is 328 g/mol. The minimum Gasteiger partial charge on any atom is -0.478 e. The molecule has 1 aromatic carbocycles. The Bertz CT molecular complexity index is 651. The maximum absolute atomic E-state index is 12.8. The molecule has 142 valence electrons. The van der Waals surface area contributed by atoms with Crippen molar-refractivity contribution in [2.24, 2.45) is 0 Å². The lowest BCUT2D eigenvalue weighted by atomic mass is 9.97. The first-order chi connectivity index (χ1) is 12.6. The van der Waals surface area contributed by atoms with E-state index in [1.54, 1.807) is 4.90 Å². The number of rotatable bonds is 4. The Labute approximate surface area is 156 Å². The maximum Gasteiger partial charge on any atom is 0.268 e. The van der Waals surface area contributed by atoms with Crippen molar-refractivity contribution in [3.8, 4) is 5.75 Å². The molecule has 0 saturated heterocycles. The fourth-order valence-electron chi connectivity index (χ4n) is 3.87. The highest BCUT2D eigenvalue weighted by Crippen LogP contribution is 2.35. The summed E-state index contributed by atoms with van der Waals surface area (Å²) in [6.45, 7) is 3.96. The molecular formula is C21H30N2O3. The normalized spacial score (nSPS) is 21.4. The second-order valence-corrected chi connectivity index (χ2v) is 7.52. The van der Waals surface area contributed by atoms with E-state index < -0.39 is 6.10 Å². The van der Waals surface area contributed by atoms with Gasteiger partial charge in [-0.15, -0.1) is 0 Å². The minimum atomic E-state index is -0.514. The van der Waals surface area contributed by atoms with E-state index >= 15 is 0 Å². The topological polar surface area (TPSA) is 58.6 Å². The third kappa shape index (κ3) is 4.37. The quantitative estimate of drug-likeness (QED) is 0.892. The van der Waals surface area contributed by atoms with Crippen molar-refractivity contribution in [1.29, 1.82) is 0 Å². The van der Waals surface area contributed by atoms with Gasteiger partial charge < -0.3 is 10.1 Å². The molecule has 0 radical (unpaired) electrons. The number of nitrogens with zero attached hydrogens (tertiary/aromatic N) is 1. The molecule has 0 aromatic heterocycles. The summed E-state index contributed by atoms with van der Waals surface area (Å²) in [5.74, 6) is 0.479. The van der Waals surface area contributed by atoms with Crippen LogP contribution in [0.25, 0.3) is 0 Å². The Balaban J connectivity index is 1.71. The zero-order valence-electron chi connectivity index (χ0n) is 15.9. The van der Waals surface area contributed by atoms with Crippen LogP contribution in [0.1, 0.15) is 63.9 Å². The van der Waals surface area contributed by atoms with Gasteiger partial charge in [0.05, 0.1) is 5.69 Å². The van der Waals surface area contributed by atoms with Crippen LogP contribution in [0.2, 0.25) is 0 Å². The Hall–Kier alpha value is -2.04. The smallest absolute Gasteiger partial charge is 0.268 e. The molecule has 3 rings (SSSR count). The van der Waals surface area contributed by atoms with Crippen LogP contribution in [0.4, 0.5) is 5.69 Å². The Morgan fingerprint density at radius 3 is 2.58 bits per heavy atom. The number of fused-ring (bicyclic) bond motifs is 1. The number of nitrogens with one attached hydrogen (secondary N) is 1. The van der Waals surface area contributed by atoms with Crippen molar-refractivity contribution >= 4 is 17.5 Å². The van der Waals surface area contributed by atoms with Gasteiger partial charge in [-0.3, -0.25) is 14.5 Å². The summed E-state index contributed by atoms with van der Waals surface area (Å²) in [6, 6.07) is 6.01. The van der Waals surface area contributed by atoms with Crippen molar-refractivity contribution in [2.75, 3.05) is 11.4 Å². The third-order valence-corrected chi connectivity index (χ3v) is 5.36. The largest absolute Gasteiger partial charge is 0.478 e. The number of hydrogen-bond donors (Lipinski definition) is 1. The maximum atomic E-state index is 12.8. The predicted octanol–water partition coefficient (Wildman–Crippen LogP) is 3.73. The number of amides is 2. The number of aryl methyl sites for hydroxylation is 1. The molecule has 5 nitrogen and oxygen atoms in total. The Morgan fingerprint density at radius 2 is 1.88 bits per heavy atom. The molecule has 1 unspecified atom stereocenters. The van der Waals surface area contributed by atoms with Gasteiger partial charge in [-0.25, -0.2) is 0 Å². The zero-order valence-corrected chi connectivity index (χ0v) is 15.9. The molecule has 0 bridgehead atoms. The van der Waals surface area contributed by atoms with E-state index in [4.69, 9.17) is 4.74 Å². The highest BCUT2D eigenvalue weighted by molar-refractivity contribution is 6.03. The summed E-state index contributed by atoms with van der Waals surface area (Å²) in [5.41, 5.74) is 1.74. The number of hydrogen-bond acceptors (Lipinski definition) is 3. The van der Waals surface area contributed by atoms with Gasteiger partial charge in [-0.05, 0) is 43.9 Å².